The SMILES string of the molecule is CC(C)(C)S(=O)(=O)CC1CCC(C2=NC(c3ccc(Cl)cc3)=CC2)CC1. The summed E-state index contributed by atoms with van der Waals surface area (Å²) in [5.41, 5.74) is 3.40. The molecule has 2 aliphatic rings. The largest absolute Gasteiger partial charge is 0.257 e. The van der Waals surface area contributed by atoms with Crippen molar-refractivity contribution in [1.29, 1.82) is 0 Å². The van der Waals surface area contributed by atoms with Crippen LogP contribution in [0.2, 0.25) is 5.02 Å². The van der Waals surface area contributed by atoms with Gasteiger partial charge in [0.1, 0.15) is 0 Å². The molecule has 0 unspecified atom stereocenters. The second kappa shape index (κ2) is 7.47. The lowest BCUT2D eigenvalue weighted by Crippen LogP contribution is -2.34. The molecule has 0 N–H and O–H groups in total. The zero-order valence-electron chi connectivity index (χ0n) is 15.8. The highest BCUT2D eigenvalue weighted by Gasteiger charge is 2.34. The molecule has 1 aromatic rings. The summed E-state index contributed by atoms with van der Waals surface area (Å²) in [6, 6.07) is 7.81. The summed E-state index contributed by atoms with van der Waals surface area (Å²) in [6.45, 7) is 5.39. The van der Waals surface area contributed by atoms with E-state index in [9.17, 15) is 8.42 Å². The molecule has 0 amide bonds. The van der Waals surface area contributed by atoms with E-state index in [1.807, 2.05) is 24.3 Å². The van der Waals surface area contributed by atoms with Gasteiger partial charge in [0.15, 0.2) is 9.84 Å². The molecule has 0 spiro atoms. The number of hydrogen-bond donors (Lipinski definition) is 0. The van der Waals surface area contributed by atoms with Crippen LogP contribution in [0.1, 0.15) is 58.4 Å². The van der Waals surface area contributed by atoms with Gasteiger partial charge in [0.2, 0.25) is 0 Å². The first kappa shape index (κ1) is 19.6. The van der Waals surface area contributed by atoms with Gasteiger partial charge in [0.25, 0.3) is 0 Å². The molecule has 0 saturated heterocycles. The Kier molecular flexibility index (Phi) is 5.64. The van der Waals surface area contributed by atoms with E-state index in [1.54, 1.807) is 20.8 Å². The molecule has 5 heteroatoms. The summed E-state index contributed by atoms with van der Waals surface area (Å²) in [5.74, 6) is 1.11. The van der Waals surface area contributed by atoms with Crippen LogP contribution in [0.25, 0.3) is 5.70 Å². The Balaban J connectivity index is 1.58. The predicted octanol–water partition coefficient (Wildman–Crippen LogP) is 5.55. The molecule has 1 aliphatic carbocycles. The van der Waals surface area contributed by atoms with Gasteiger partial charge in [-0.05, 0) is 76.0 Å². The minimum Gasteiger partial charge on any atom is -0.257 e. The van der Waals surface area contributed by atoms with Crippen molar-refractivity contribution in [2.75, 3.05) is 5.75 Å². The summed E-state index contributed by atoms with van der Waals surface area (Å²) in [5, 5.41) is 0.736. The average molecular weight is 394 g/mol. The molecule has 0 aromatic heterocycles. The summed E-state index contributed by atoms with van der Waals surface area (Å²) < 4.78 is 24.2. The Morgan fingerprint density at radius 2 is 1.69 bits per heavy atom. The summed E-state index contributed by atoms with van der Waals surface area (Å²) >= 11 is 5.96. The number of nitrogens with zero attached hydrogens (tertiary/aromatic N) is 1. The van der Waals surface area contributed by atoms with Gasteiger partial charge in [-0.2, -0.15) is 0 Å². The minimum absolute atomic E-state index is 0.293. The maximum atomic E-state index is 12.4. The third-order valence-corrected chi connectivity index (χ3v) is 8.64. The molecule has 3 nitrogen and oxygen atoms in total. The Hall–Kier alpha value is -1.13. The van der Waals surface area contributed by atoms with Crippen molar-refractivity contribution in [3.63, 3.8) is 0 Å². The molecule has 142 valence electrons. The topological polar surface area (TPSA) is 46.5 Å². The number of benzene rings is 1. The lowest BCUT2D eigenvalue weighted by atomic mass is 9.80. The van der Waals surface area contributed by atoms with Gasteiger partial charge >= 0.3 is 0 Å². The fourth-order valence-corrected chi connectivity index (χ4v) is 5.31. The van der Waals surface area contributed by atoms with Gasteiger partial charge in [0, 0.05) is 17.2 Å². The van der Waals surface area contributed by atoms with Crippen molar-refractivity contribution in [1.82, 2.24) is 0 Å². The van der Waals surface area contributed by atoms with Gasteiger partial charge in [-0.25, -0.2) is 8.42 Å². The lowest BCUT2D eigenvalue weighted by Gasteiger charge is -2.30. The van der Waals surface area contributed by atoms with E-state index in [1.165, 1.54) is 5.71 Å². The van der Waals surface area contributed by atoms with Crippen LogP contribution in [0.5, 0.6) is 0 Å². The maximum absolute atomic E-state index is 12.4. The molecule has 0 atom stereocenters. The van der Waals surface area contributed by atoms with Crippen LogP contribution >= 0.6 is 11.6 Å². The number of halogens is 1. The summed E-state index contributed by atoms with van der Waals surface area (Å²) in [6.07, 6.45) is 7.16. The van der Waals surface area contributed by atoms with Gasteiger partial charge < -0.3 is 0 Å². The van der Waals surface area contributed by atoms with Crippen molar-refractivity contribution >= 4 is 32.8 Å². The first-order valence-electron chi connectivity index (χ1n) is 9.41. The van der Waals surface area contributed by atoms with E-state index in [-0.39, 0.29) is 0 Å². The van der Waals surface area contributed by atoms with Crippen LogP contribution in [0.4, 0.5) is 0 Å². The van der Waals surface area contributed by atoms with E-state index in [2.05, 4.69) is 6.08 Å². The standard InChI is InChI=1S/C21H28ClNO2S/c1-21(2,3)26(24,25)14-15-4-6-16(7-5-15)19-12-13-20(23-19)17-8-10-18(22)11-9-17/h8-11,13,15-16H,4-7,12,14H2,1-3H3. The third kappa shape index (κ3) is 4.40. The highest BCUT2D eigenvalue weighted by Crippen LogP contribution is 2.36. The monoisotopic (exact) mass is 393 g/mol. The van der Waals surface area contributed by atoms with Gasteiger partial charge in [-0.15, -0.1) is 0 Å². The molecule has 1 fully saturated rings. The van der Waals surface area contributed by atoms with Crippen molar-refractivity contribution in [2.45, 2.75) is 57.6 Å². The first-order chi connectivity index (χ1) is 12.2. The average Bonchev–Trinajstić information content (AvgIpc) is 3.05. The third-order valence-electron chi connectivity index (χ3n) is 5.61. The van der Waals surface area contributed by atoms with Crippen LogP contribution in [0.15, 0.2) is 35.3 Å². The molecule has 26 heavy (non-hydrogen) atoms. The molecule has 1 heterocycles. The molecular formula is C21H28ClNO2S. The Bertz CT molecular complexity index is 809. The van der Waals surface area contributed by atoms with E-state index in [0.29, 0.717) is 17.6 Å². The number of allylic oxidation sites excluding steroid dienone is 1. The van der Waals surface area contributed by atoms with Crippen molar-refractivity contribution < 1.29 is 8.42 Å². The molecular weight excluding hydrogens is 366 g/mol. The molecule has 1 aliphatic heterocycles. The highest BCUT2D eigenvalue weighted by molar-refractivity contribution is 7.92. The zero-order chi connectivity index (χ0) is 18.9. The molecule has 0 radical (unpaired) electrons. The van der Waals surface area contributed by atoms with E-state index < -0.39 is 14.6 Å². The molecule has 3 rings (SSSR count). The van der Waals surface area contributed by atoms with Crippen molar-refractivity contribution in [2.24, 2.45) is 16.8 Å². The molecule has 1 aromatic carbocycles. The van der Waals surface area contributed by atoms with Gasteiger partial charge in [-0.3, -0.25) is 4.99 Å². The van der Waals surface area contributed by atoms with Gasteiger partial charge in [0.05, 0.1) is 16.2 Å². The number of aliphatic imine (C=N–C) groups is 1. The van der Waals surface area contributed by atoms with E-state index in [4.69, 9.17) is 16.6 Å². The number of rotatable bonds is 4. The highest BCUT2D eigenvalue weighted by atomic mass is 35.5. The van der Waals surface area contributed by atoms with Crippen LogP contribution in [-0.4, -0.2) is 24.6 Å². The van der Waals surface area contributed by atoms with Crippen molar-refractivity contribution in [3.05, 3.63) is 40.9 Å². The van der Waals surface area contributed by atoms with Gasteiger partial charge in [-0.1, -0.05) is 29.8 Å². The van der Waals surface area contributed by atoms with E-state index >= 15 is 0 Å². The predicted molar refractivity (Wildman–Crippen MR) is 110 cm³/mol. The lowest BCUT2D eigenvalue weighted by molar-refractivity contribution is 0.342. The van der Waals surface area contributed by atoms with Crippen LogP contribution in [0, 0.1) is 11.8 Å². The Morgan fingerprint density at radius 3 is 2.27 bits per heavy atom. The quantitative estimate of drug-likeness (QED) is 0.673. The van der Waals surface area contributed by atoms with Crippen LogP contribution in [0.3, 0.4) is 0 Å². The second-order valence-corrected chi connectivity index (χ2v) is 11.7. The minimum atomic E-state index is -3.03. The van der Waals surface area contributed by atoms with Crippen LogP contribution in [-0.2, 0) is 9.84 Å². The second-order valence-electron chi connectivity index (χ2n) is 8.51. The Morgan fingerprint density at radius 1 is 1.08 bits per heavy atom. The Labute approximate surface area is 162 Å². The maximum Gasteiger partial charge on any atom is 0.155 e. The number of hydrogen-bond acceptors (Lipinski definition) is 3. The molecule has 0 bridgehead atoms. The first-order valence-corrected chi connectivity index (χ1v) is 11.4. The van der Waals surface area contributed by atoms with Crippen molar-refractivity contribution in [3.8, 4) is 0 Å². The fourth-order valence-electron chi connectivity index (χ4n) is 3.73. The summed E-state index contributed by atoms with van der Waals surface area (Å²) in [7, 11) is -3.03. The number of sulfone groups is 1. The smallest absolute Gasteiger partial charge is 0.155 e. The fraction of sp³-hybridized carbons (Fsp3) is 0.571. The van der Waals surface area contributed by atoms with Crippen LogP contribution < -0.4 is 0 Å². The molecule has 1 saturated carbocycles. The summed E-state index contributed by atoms with van der Waals surface area (Å²) in [4.78, 5) is 4.87. The normalized spacial score (nSPS) is 24.3. The van der Waals surface area contributed by atoms with E-state index in [0.717, 1.165) is 48.4 Å². The zero-order valence-corrected chi connectivity index (χ0v) is 17.4.